The van der Waals surface area contributed by atoms with E-state index in [1.807, 2.05) is 13.0 Å². The Morgan fingerprint density at radius 1 is 1.27 bits per heavy atom. The van der Waals surface area contributed by atoms with Crippen LogP contribution in [0, 0.1) is 0 Å². The maximum absolute atomic E-state index is 4.71. The normalized spacial score (nSPS) is 12.8. The summed E-state index contributed by atoms with van der Waals surface area (Å²) in [5.74, 6) is 0. The third-order valence-corrected chi connectivity index (χ3v) is 0.911. The number of rotatable bonds is 4. The number of hydrogen-bond donors (Lipinski definition) is 0. The lowest BCUT2D eigenvalue weighted by Gasteiger charge is -1.88. The largest absolute Gasteiger partial charge is 0.504 e. The van der Waals surface area contributed by atoms with Gasteiger partial charge in [0, 0.05) is 6.20 Å². The average Bonchev–Trinajstić information content (AvgIpc) is 2.01. The molecule has 0 aliphatic heterocycles. The van der Waals surface area contributed by atoms with Crippen molar-refractivity contribution in [2.24, 2.45) is 4.99 Å². The van der Waals surface area contributed by atoms with Crippen molar-refractivity contribution in [3.8, 4) is 0 Å². The number of ether oxygens (including phenoxy) is 2. The summed E-state index contributed by atoms with van der Waals surface area (Å²) in [6.45, 7) is 1.92. The molecule has 11 heavy (non-hydrogen) atoms. The van der Waals surface area contributed by atoms with Crippen molar-refractivity contribution in [3.05, 3.63) is 24.1 Å². The summed E-state index contributed by atoms with van der Waals surface area (Å²) >= 11 is 0. The zero-order valence-corrected chi connectivity index (χ0v) is 7.07. The molecular formula is C8H13NO2. The van der Waals surface area contributed by atoms with Crippen LogP contribution >= 0.6 is 0 Å². The van der Waals surface area contributed by atoms with Gasteiger partial charge in [-0.1, -0.05) is 0 Å². The van der Waals surface area contributed by atoms with Crippen molar-refractivity contribution in [2.75, 3.05) is 14.2 Å². The van der Waals surface area contributed by atoms with E-state index in [1.165, 1.54) is 6.40 Å². The zero-order chi connectivity index (χ0) is 8.53. The van der Waals surface area contributed by atoms with Gasteiger partial charge in [-0.25, -0.2) is 4.99 Å². The molecule has 0 rings (SSSR count). The van der Waals surface area contributed by atoms with Gasteiger partial charge in [0.2, 0.25) is 0 Å². The number of aliphatic imine (C=N–C) groups is 1. The quantitative estimate of drug-likeness (QED) is 0.268. The van der Waals surface area contributed by atoms with Crippen molar-refractivity contribution in [1.29, 1.82) is 0 Å². The van der Waals surface area contributed by atoms with Crippen LogP contribution in [0.15, 0.2) is 29.1 Å². The van der Waals surface area contributed by atoms with Crippen molar-refractivity contribution in [2.45, 2.75) is 6.92 Å². The van der Waals surface area contributed by atoms with E-state index in [0.717, 1.165) is 5.57 Å². The van der Waals surface area contributed by atoms with Gasteiger partial charge >= 0.3 is 0 Å². The summed E-state index contributed by atoms with van der Waals surface area (Å²) in [7, 11) is 3.15. The smallest absolute Gasteiger partial charge is 0.173 e. The van der Waals surface area contributed by atoms with E-state index in [-0.39, 0.29) is 0 Å². The van der Waals surface area contributed by atoms with Crippen LogP contribution in [0.5, 0.6) is 0 Å². The highest BCUT2D eigenvalue weighted by atomic mass is 16.5. The Hall–Kier alpha value is -1.25. The van der Waals surface area contributed by atoms with Crippen LogP contribution in [-0.4, -0.2) is 20.6 Å². The predicted molar refractivity (Wildman–Crippen MR) is 45.4 cm³/mol. The number of methoxy groups -OCH3 is 2. The van der Waals surface area contributed by atoms with Gasteiger partial charge in [0.25, 0.3) is 0 Å². The van der Waals surface area contributed by atoms with Crippen LogP contribution in [0.4, 0.5) is 0 Å². The molecule has 3 heteroatoms. The summed E-state index contributed by atoms with van der Waals surface area (Å²) < 4.78 is 9.32. The molecular weight excluding hydrogens is 142 g/mol. The molecule has 0 atom stereocenters. The first-order valence-electron chi connectivity index (χ1n) is 3.21. The van der Waals surface area contributed by atoms with E-state index < -0.39 is 0 Å². The van der Waals surface area contributed by atoms with Crippen LogP contribution in [0.25, 0.3) is 0 Å². The van der Waals surface area contributed by atoms with E-state index in [1.54, 1.807) is 26.7 Å². The number of hydrogen-bond acceptors (Lipinski definition) is 3. The van der Waals surface area contributed by atoms with E-state index in [2.05, 4.69) is 9.73 Å². The van der Waals surface area contributed by atoms with Gasteiger partial charge in [-0.15, -0.1) is 0 Å². The molecule has 0 aliphatic rings. The lowest BCUT2D eigenvalue weighted by Crippen LogP contribution is -1.74. The second kappa shape index (κ2) is 6.86. The van der Waals surface area contributed by atoms with E-state index in [0.29, 0.717) is 0 Å². The van der Waals surface area contributed by atoms with E-state index in [4.69, 9.17) is 4.74 Å². The molecule has 0 aliphatic carbocycles. The molecule has 0 radical (unpaired) electrons. The molecule has 62 valence electrons. The van der Waals surface area contributed by atoms with Gasteiger partial charge in [0.1, 0.15) is 0 Å². The molecule has 0 fully saturated rings. The second-order valence-electron chi connectivity index (χ2n) is 1.90. The minimum absolute atomic E-state index is 1.00. The SMILES string of the molecule is CO/C=C/C(C)=C\N=C\OC. The van der Waals surface area contributed by atoms with Crippen LogP contribution in [0.2, 0.25) is 0 Å². The molecule has 0 amide bonds. The Kier molecular flexibility index (Phi) is 6.08. The minimum Gasteiger partial charge on any atom is -0.504 e. The Labute approximate surface area is 67.0 Å². The molecule has 0 aromatic rings. The highest BCUT2D eigenvalue weighted by Crippen LogP contribution is 1.94. The molecule has 0 saturated carbocycles. The molecule has 0 heterocycles. The monoisotopic (exact) mass is 155 g/mol. The summed E-state index contributed by atoms with van der Waals surface area (Å²) in [6.07, 6.45) is 6.45. The maximum atomic E-state index is 4.71. The Morgan fingerprint density at radius 3 is 2.55 bits per heavy atom. The number of nitrogens with zero attached hydrogens (tertiary/aromatic N) is 1. The zero-order valence-electron chi connectivity index (χ0n) is 7.07. The summed E-state index contributed by atoms with van der Waals surface area (Å²) in [5, 5.41) is 0. The molecule has 0 aromatic heterocycles. The van der Waals surface area contributed by atoms with Crippen molar-refractivity contribution < 1.29 is 9.47 Å². The van der Waals surface area contributed by atoms with Crippen LogP contribution in [0.1, 0.15) is 6.92 Å². The fraction of sp³-hybridized carbons (Fsp3) is 0.375. The van der Waals surface area contributed by atoms with Crippen molar-refractivity contribution in [3.63, 3.8) is 0 Å². The molecule has 3 nitrogen and oxygen atoms in total. The summed E-state index contributed by atoms with van der Waals surface area (Å²) in [5.41, 5.74) is 1.00. The fourth-order valence-corrected chi connectivity index (χ4v) is 0.427. The molecule has 0 unspecified atom stereocenters. The van der Waals surface area contributed by atoms with Crippen molar-refractivity contribution in [1.82, 2.24) is 0 Å². The molecule has 0 spiro atoms. The third kappa shape index (κ3) is 6.64. The second-order valence-corrected chi connectivity index (χ2v) is 1.90. The number of allylic oxidation sites excluding steroid dienone is 2. The minimum atomic E-state index is 1.00. The standard InChI is InChI=1S/C8H13NO2/c1-8(4-5-10-2)6-9-7-11-3/h4-7H,1-3H3/b5-4+,8-6-,9-7+. The van der Waals surface area contributed by atoms with Gasteiger partial charge in [-0.05, 0) is 18.6 Å². The van der Waals surface area contributed by atoms with Crippen LogP contribution < -0.4 is 0 Å². The van der Waals surface area contributed by atoms with E-state index in [9.17, 15) is 0 Å². The lowest BCUT2D eigenvalue weighted by molar-refractivity contribution is 0.338. The van der Waals surface area contributed by atoms with Gasteiger partial charge < -0.3 is 9.47 Å². The predicted octanol–water partition coefficient (Wildman–Crippen LogP) is 1.72. The van der Waals surface area contributed by atoms with Crippen LogP contribution in [0.3, 0.4) is 0 Å². The first-order valence-corrected chi connectivity index (χ1v) is 3.21. The van der Waals surface area contributed by atoms with Gasteiger partial charge in [-0.2, -0.15) is 0 Å². The van der Waals surface area contributed by atoms with Crippen LogP contribution in [-0.2, 0) is 9.47 Å². The van der Waals surface area contributed by atoms with Gasteiger partial charge in [0.15, 0.2) is 6.40 Å². The highest BCUT2D eigenvalue weighted by Gasteiger charge is 1.77. The summed E-state index contributed by atoms with van der Waals surface area (Å²) in [4.78, 5) is 3.83. The lowest BCUT2D eigenvalue weighted by atomic mass is 10.3. The first-order chi connectivity index (χ1) is 5.31. The molecule has 0 N–H and O–H groups in total. The molecule has 0 saturated heterocycles. The van der Waals surface area contributed by atoms with E-state index >= 15 is 0 Å². The Morgan fingerprint density at radius 2 is 2.00 bits per heavy atom. The Bertz CT molecular complexity index is 171. The highest BCUT2D eigenvalue weighted by molar-refractivity contribution is 5.47. The molecule has 0 aromatic carbocycles. The fourth-order valence-electron chi connectivity index (χ4n) is 0.427. The third-order valence-electron chi connectivity index (χ3n) is 0.911. The molecule has 0 bridgehead atoms. The van der Waals surface area contributed by atoms with Gasteiger partial charge in [-0.3, -0.25) is 0 Å². The average molecular weight is 155 g/mol. The maximum Gasteiger partial charge on any atom is 0.173 e. The summed E-state index contributed by atoms with van der Waals surface area (Å²) in [6, 6.07) is 0. The Balaban J connectivity index is 3.80. The topological polar surface area (TPSA) is 30.8 Å². The first kappa shape index (κ1) is 9.75. The van der Waals surface area contributed by atoms with Crippen molar-refractivity contribution >= 4 is 6.40 Å². The van der Waals surface area contributed by atoms with Gasteiger partial charge in [0.05, 0.1) is 20.5 Å².